The minimum Gasteiger partial charge on any atom is -0.492 e. The zero-order valence-corrected chi connectivity index (χ0v) is 87.4. The van der Waals surface area contributed by atoms with E-state index >= 15 is 0 Å². The van der Waals surface area contributed by atoms with Crippen LogP contribution < -0.4 is 19.5 Å². The number of esters is 3. The number of aliphatic hydroxyl groups is 2. The molecule has 0 aliphatic carbocycles. The number of ether oxygens (including phenoxy) is 6. The number of piperidine rings is 1. The van der Waals surface area contributed by atoms with E-state index in [0.29, 0.717) is 124 Å². The molecule has 4 aromatic carbocycles. The zero-order chi connectivity index (χ0) is 106. The fraction of sp³-hybridized carbons (Fsp3) is 0.382. The summed E-state index contributed by atoms with van der Waals surface area (Å²) in [5.74, 6) is -3.63. The highest BCUT2D eigenvalue weighted by Gasteiger charge is 2.45. The molecule has 8 aromatic heterocycles. The molecule has 770 valence electrons. The van der Waals surface area contributed by atoms with Crippen molar-refractivity contribution in [2.24, 2.45) is 0 Å². The molecule has 17 rings (SSSR count). The Hall–Kier alpha value is -13.7. The second-order valence-electron chi connectivity index (χ2n) is 40.6. The number of H-pyrrole nitrogens is 4. The highest BCUT2D eigenvalue weighted by atomic mass is 35.5. The predicted octanol–water partition coefficient (Wildman–Crippen LogP) is 19.6. The van der Waals surface area contributed by atoms with Crippen LogP contribution in [0, 0.1) is 38.2 Å². The second kappa shape index (κ2) is 44.7. The van der Waals surface area contributed by atoms with Crippen molar-refractivity contribution in [2.75, 3.05) is 78.8 Å². The Morgan fingerprint density at radius 3 is 1.16 bits per heavy atom. The molecule has 0 spiro atoms. The largest absolute Gasteiger partial charge is 0.492 e. The maximum absolute atomic E-state index is 14.3. The topological polar surface area (TPSA) is 375 Å². The van der Waals surface area contributed by atoms with Gasteiger partial charge in [-0.2, -0.15) is 0 Å². The number of nitrogens with zero attached hydrogens (tertiary/aromatic N) is 9. The average Bonchev–Trinajstić information content (AvgIpc) is 1.60. The summed E-state index contributed by atoms with van der Waals surface area (Å²) in [7, 11) is 0. The molecule has 36 heteroatoms. The van der Waals surface area contributed by atoms with Gasteiger partial charge in [0.2, 0.25) is 5.88 Å². The first-order valence-corrected chi connectivity index (χ1v) is 49.6. The number of aromatic amines is 4. The lowest BCUT2D eigenvalue weighted by Crippen LogP contribution is -2.37. The number of carbonyl (C=O) groups is 8. The number of aliphatic hydroxyl groups excluding tert-OH is 2. The highest BCUT2D eigenvalue weighted by Crippen LogP contribution is 2.47. The van der Waals surface area contributed by atoms with E-state index in [4.69, 9.17) is 73.4 Å². The van der Waals surface area contributed by atoms with Gasteiger partial charge in [0, 0.05) is 154 Å². The molecule has 5 aliphatic rings. The van der Waals surface area contributed by atoms with Gasteiger partial charge in [-0.1, -0.05) is 115 Å². The Balaban J connectivity index is 0.000000154. The van der Waals surface area contributed by atoms with E-state index in [9.17, 15) is 51.5 Å². The van der Waals surface area contributed by atoms with Gasteiger partial charge in [0.25, 0.3) is 29.5 Å². The van der Waals surface area contributed by atoms with Crippen LogP contribution in [0.4, 0.5) is 13.2 Å². The average molecular weight is 2060 g/mol. The van der Waals surface area contributed by atoms with Crippen molar-refractivity contribution in [1.29, 1.82) is 0 Å². The van der Waals surface area contributed by atoms with Crippen LogP contribution in [0.3, 0.4) is 0 Å². The fourth-order valence-electron chi connectivity index (χ4n) is 18.6. The first-order valence-electron chi connectivity index (χ1n) is 48.4. The van der Waals surface area contributed by atoms with Crippen molar-refractivity contribution in [3.05, 3.63) is 263 Å². The SMILES string of the molecule is CC(C)OC(=O)C1=CN(C(=O)c2ccc(OCCN3CCCCC3)cc2)CC(C)(C)c2c1[nH]c1cc(Cl)cnc21.Cc1ccc(C(=O)N2C=C(C(=O)NC(C)C)c3[nH]c4cc(Cl)cnc4c3C(C)(C)C2)cc1F.Cc1ccc(C(=O)N2C=C(C(=O)OC(C)C)c3[nH]c4cc(OCCO)c(Cl)nc4c3C(C)(C)C2)cc1F.Cc1ccc(C(=O)N2C=C(C(=O)OC(C)C)c3[nH]c4ccc(OCCO)nc4c3C(C)(C)C2)cc1F. The summed E-state index contributed by atoms with van der Waals surface area (Å²) in [5.41, 5.74) is 11.1. The van der Waals surface area contributed by atoms with E-state index in [1.54, 1.807) is 171 Å². The molecule has 1 fully saturated rings. The number of rotatable bonds is 22. The molecule has 13 heterocycles. The molecule has 0 unspecified atom stereocenters. The molecule has 0 saturated carbocycles. The molecule has 0 bridgehead atoms. The van der Waals surface area contributed by atoms with Crippen LogP contribution in [0.2, 0.25) is 15.2 Å². The molecule has 0 atom stereocenters. The number of hydrogen-bond donors (Lipinski definition) is 7. The number of halogens is 6. The summed E-state index contributed by atoms with van der Waals surface area (Å²) in [6, 6.07) is 28.8. The number of carbonyl (C=O) groups excluding carboxylic acids is 8. The van der Waals surface area contributed by atoms with E-state index in [0.717, 1.165) is 47.6 Å². The molecule has 12 aromatic rings. The molecule has 5 aliphatic heterocycles. The Bertz CT molecular complexity index is 7190. The number of likely N-dealkylation sites (tertiary alicyclic amines) is 1. The second-order valence-corrected chi connectivity index (χ2v) is 41.8. The molecule has 1 saturated heterocycles. The first-order chi connectivity index (χ1) is 69.0. The van der Waals surface area contributed by atoms with Crippen LogP contribution in [0.15, 0.2) is 146 Å². The van der Waals surface area contributed by atoms with Gasteiger partial charge < -0.3 is 83.5 Å². The highest BCUT2D eigenvalue weighted by molar-refractivity contribution is 6.32. The molecule has 7 N–H and O–H groups in total. The van der Waals surface area contributed by atoms with Gasteiger partial charge in [-0.3, -0.25) is 38.8 Å². The summed E-state index contributed by atoms with van der Waals surface area (Å²) in [5, 5.41) is 22.2. The monoisotopic (exact) mass is 2060 g/mol. The van der Waals surface area contributed by atoms with Crippen LogP contribution in [-0.2, 0) is 55.0 Å². The number of hydrogen-bond acceptors (Lipinski definition) is 21. The lowest BCUT2D eigenvalue weighted by atomic mass is 9.82. The van der Waals surface area contributed by atoms with E-state index in [-0.39, 0.29) is 126 Å². The quantitative estimate of drug-likeness (QED) is 0.0188. The molecule has 0 radical (unpaired) electrons. The van der Waals surface area contributed by atoms with Crippen LogP contribution in [0.25, 0.3) is 66.4 Å². The smallest absolute Gasteiger partial charge is 0.342 e. The number of pyridine rings is 4. The number of amides is 5. The van der Waals surface area contributed by atoms with Gasteiger partial charge in [-0.05, 0) is 198 Å². The molecular formula is C110H122Cl3F3N14O16. The van der Waals surface area contributed by atoms with Gasteiger partial charge in [-0.25, -0.2) is 37.5 Å². The van der Waals surface area contributed by atoms with Crippen molar-refractivity contribution < 1.29 is 90.2 Å². The fourth-order valence-corrected chi connectivity index (χ4v) is 19.1. The van der Waals surface area contributed by atoms with Crippen molar-refractivity contribution >= 4 is 149 Å². The van der Waals surface area contributed by atoms with Gasteiger partial charge in [-0.15, -0.1) is 0 Å². The standard InChI is InChI=1S/C31H37ClN4O4.C27H29ClFN3O5.C27H30FN3O5.C25H26ClFN4O2/c1-20(2)40-30(38)24-18-36(19-31(3,4)26-27(24)34-25-16-22(32)17-33-28(25)26)29(37)21-8-10-23(11-9-21)39-15-14-35-12-6-5-7-13-35;1-14(2)37-26(35)17-12-32(25(34)16-7-6-15(3)18(29)10-16)13-27(4,5)21-22(17)30-19-11-20(36-9-8-33)24(28)31-23(19)21;1-15(2)36-26(34)18-13-31(25(33)17-7-6-16(3)19(28)12-17)14-27(4,5)22-23(18)29-20-8-9-21(30-24(20)22)35-11-10-32;1-13(2)29-23(32)17-11-31(24(33)15-7-6-14(3)18(27)8-15)12-25(4,5)20-21(17)30-19-9-16(26)10-28-22(19)20/h8-11,16-18,20,34H,5-7,12-15,19H2,1-4H3;6-7,10-12,14,30,33H,8-9,13H2,1-5H3;6-9,12-13,15,29,32H,10-11,14H2,1-5H3;6-11,13,30H,12H2,1-5H3,(H,29,32). The summed E-state index contributed by atoms with van der Waals surface area (Å²) >= 11 is 18.7. The third kappa shape index (κ3) is 24.2. The number of benzene rings is 4. The summed E-state index contributed by atoms with van der Waals surface area (Å²) < 4.78 is 76.3. The maximum atomic E-state index is 14.3. The normalized spacial score (nSPS) is 15.6. The Morgan fingerprint density at radius 2 is 0.774 bits per heavy atom. The predicted molar refractivity (Wildman–Crippen MR) is 555 cm³/mol. The lowest BCUT2D eigenvalue weighted by molar-refractivity contribution is -0.141. The van der Waals surface area contributed by atoms with Gasteiger partial charge >= 0.3 is 17.9 Å². The van der Waals surface area contributed by atoms with E-state index in [2.05, 4.69) is 50.1 Å². The van der Waals surface area contributed by atoms with E-state index in [1.165, 1.54) is 64.6 Å². The van der Waals surface area contributed by atoms with Crippen molar-refractivity contribution in [2.45, 2.75) is 197 Å². The van der Waals surface area contributed by atoms with Crippen LogP contribution in [-0.4, -0.2) is 225 Å². The van der Waals surface area contributed by atoms with E-state index < -0.39 is 74.9 Å². The summed E-state index contributed by atoms with van der Waals surface area (Å²) in [6.07, 6.45) is 11.9. The molecule has 146 heavy (non-hydrogen) atoms. The van der Waals surface area contributed by atoms with Gasteiger partial charge in [0.1, 0.15) is 43.0 Å². The van der Waals surface area contributed by atoms with Gasteiger partial charge in [0.15, 0.2) is 10.9 Å². The molecule has 5 amide bonds. The number of aryl methyl sites for hydroxylation is 3. The number of aromatic nitrogens is 8. The third-order valence-corrected chi connectivity index (χ3v) is 25.9. The van der Waals surface area contributed by atoms with Crippen LogP contribution >= 0.6 is 34.8 Å². The van der Waals surface area contributed by atoms with E-state index in [1.807, 2.05) is 81.4 Å². The Labute approximate surface area is 859 Å². The molecular weight excluding hydrogens is 1940 g/mol. The Morgan fingerprint density at radius 1 is 0.418 bits per heavy atom. The van der Waals surface area contributed by atoms with Crippen molar-refractivity contribution in [1.82, 2.24) is 69.7 Å². The number of nitrogens with one attached hydrogen (secondary N) is 5. The first kappa shape index (κ1) is 108. The van der Waals surface area contributed by atoms with Crippen LogP contribution in [0.1, 0.15) is 233 Å². The minimum atomic E-state index is -0.716. The zero-order valence-electron chi connectivity index (χ0n) is 85.2. The van der Waals surface area contributed by atoms with Crippen molar-refractivity contribution in [3.8, 4) is 17.4 Å². The third-order valence-electron chi connectivity index (χ3n) is 25.3. The summed E-state index contributed by atoms with van der Waals surface area (Å²) in [6.45, 7) is 39.5. The summed E-state index contributed by atoms with van der Waals surface area (Å²) in [4.78, 5) is 147. The maximum Gasteiger partial charge on any atom is 0.342 e. The minimum absolute atomic E-state index is 0.0430. The Kier molecular flexibility index (Phi) is 33.1. The lowest BCUT2D eigenvalue weighted by Gasteiger charge is -2.29. The van der Waals surface area contributed by atoms with Crippen molar-refractivity contribution in [3.63, 3.8) is 0 Å². The number of fused-ring (bicyclic) bond motifs is 12. The van der Waals surface area contributed by atoms with Crippen LogP contribution in [0.5, 0.6) is 17.4 Å². The molecule has 30 nitrogen and oxygen atoms in total. The van der Waals surface area contributed by atoms with Gasteiger partial charge in [0.05, 0.1) is 131 Å².